The second kappa shape index (κ2) is 7.54. The van der Waals surface area contributed by atoms with E-state index in [-0.39, 0.29) is 0 Å². The first-order valence-corrected chi connectivity index (χ1v) is 8.77. The van der Waals surface area contributed by atoms with Crippen LogP contribution >= 0.6 is 0 Å². The van der Waals surface area contributed by atoms with Crippen LogP contribution in [0.5, 0.6) is 0 Å². The van der Waals surface area contributed by atoms with Crippen LogP contribution in [0.15, 0.2) is 86.0 Å². The number of nitrogens with zero attached hydrogens (tertiary/aromatic N) is 2. The summed E-state index contributed by atoms with van der Waals surface area (Å²) >= 11 is 0. The minimum Gasteiger partial charge on any atom is -0.304 e. The van der Waals surface area contributed by atoms with Crippen molar-refractivity contribution in [1.82, 2.24) is 5.01 Å². The lowest BCUT2D eigenvalue weighted by Gasteiger charge is -2.31. The van der Waals surface area contributed by atoms with Gasteiger partial charge in [-0.3, -0.25) is 0 Å². The molecule has 2 aromatic carbocycles. The van der Waals surface area contributed by atoms with Crippen molar-refractivity contribution in [3.63, 3.8) is 0 Å². The number of hydrogen-bond donors (Lipinski definition) is 0. The molecule has 2 aromatic rings. The minimum absolute atomic E-state index is 0.908. The maximum atomic E-state index is 4.07. The minimum atomic E-state index is 0.908. The van der Waals surface area contributed by atoms with Crippen LogP contribution in [-0.2, 0) is 6.54 Å². The first kappa shape index (κ1) is 17.2. The molecule has 25 heavy (non-hydrogen) atoms. The standard InChI is InChI=1S/C23H26N2/c1-5-18(3)13-15-24-17-21-12-11-20-9-7-8-10-22(20)23(21)25(24)16-14-19(4)6-2/h5-12H,1-4,13-17H2. The van der Waals surface area contributed by atoms with Gasteiger partial charge < -0.3 is 5.01 Å². The molecule has 0 saturated carbocycles. The molecule has 2 nitrogen and oxygen atoms in total. The topological polar surface area (TPSA) is 6.48 Å². The fourth-order valence-corrected chi connectivity index (χ4v) is 3.34. The average Bonchev–Trinajstić information content (AvgIpc) is 3.02. The van der Waals surface area contributed by atoms with Gasteiger partial charge in [-0.25, -0.2) is 5.01 Å². The van der Waals surface area contributed by atoms with Crippen LogP contribution in [0.2, 0.25) is 0 Å². The molecule has 0 bridgehead atoms. The quantitative estimate of drug-likeness (QED) is 0.578. The van der Waals surface area contributed by atoms with Gasteiger partial charge in [-0.1, -0.05) is 86.0 Å². The van der Waals surface area contributed by atoms with Gasteiger partial charge in [-0.15, -0.1) is 0 Å². The summed E-state index contributed by atoms with van der Waals surface area (Å²) in [5.41, 5.74) is 4.87. The van der Waals surface area contributed by atoms with Crippen LogP contribution in [0.4, 0.5) is 5.69 Å². The molecule has 0 saturated heterocycles. The summed E-state index contributed by atoms with van der Waals surface area (Å²) in [7, 11) is 0. The van der Waals surface area contributed by atoms with Gasteiger partial charge >= 0.3 is 0 Å². The molecule has 1 aliphatic heterocycles. The van der Waals surface area contributed by atoms with E-state index in [0.29, 0.717) is 0 Å². The highest BCUT2D eigenvalue weighted by Crippen LogP contribution is 2.38. The van der Waals surface area contributed by atoms with E-state index in [0.717, 1.165) is 43.6 Å². The molecule has 0 unspecified atom stereocenters. The Bertz CT molecular complexity index is 831. The van der Waals surface area contributed by atoms with Crippen molar-refractivity contribution < 1.29 is 0 Å². The van der Waals surface area contributed by atoms with Crippen molar-refractivity contribution in [2.24, 2.45) is 0 Å². The second-order valence-corrected chi connectivity index (χ2v) is 6.53. The van der Waals surface area contributed by atoms with Gasteiger partial charge in [0.05, 0.1) is 5.69 Å². The molecule has 0 aromatic heterocycles. The summed E-state index contributed by atoms with van der Waals surface area (Å²) in [5.74, 6) is 0. The molecule has 128 valence electrons. The number of anilines is 1. The molecule has 0 fully saturated rings. The predicted molar refractivity (Wildman–Crippen MR) is 110 cm³/mol. The molecular formula is C23H26N2. The molecule has 1 heterocycles. The summed E-state index contributed by atoms with van der Waals surface area (Å²) in [6, 6.07) is 13.1. The number of benzene rings is 2. The highest BCUT2D eigenvalue weighted by Gasteiger charge is 2.28. The Labute approximate surface area is 151 Å². The maximum absolute atomic E-state index is 4.07. The summed E-state index contributed by atoms with van der Waals surface area (Å²) in [6.07, 6.45) is 5.53. The van der Waals surface area contributed by atoms with Crippen LogP contribution in [0.1, 0.15) is 18.4 Å². The van der Waals surface area contributed by atoms with Gasteiger partial charge in [0.15, 0.2) is 0 Å². The van der Waals surface area contributed by atoms with E-state index in [2.05, 4.69) is 72.7 Å². The lowest BCUT2D eigenvalue weighted by Crippen LogP contribution is -2.39. The van der Waals surface area contributed by atoms with Gasteiger partial charge in [0.25, 0.3) is 0 Å². The Morgan fingerprint density at radius 1 is 0.920 bits per heavy atom. The molecule has 0 N–H and O–H groups in total. The van der Waals surface area contributed by atoms with Crippen molar-refractivity contribution in [3.8, 4) is 0 Å². The van der Waals surface area contributed by atoms with E-state index in [1.165, 1.54) is 22.0 Å². The van der Waals surface area contributed by atoms with E-state index in [1.54, 1.807) is 0 Å². The van der Waals surface area contributed by atoms with Crippen LogP contribution < -0.4 is 5.01 Å². The summed E-state index contributed by atoms with van der Waals surface area (Å²) in [6.45, 7) is 18.6. The maximum Gasteiger partial charge on any atom is 0.0646 e. The predicted octanol–water partition coefficient (Wildman–Crippen LogP) is 5.64. The van der Waals surface area contributed by atoms with Gasteiger partial charge in [0, 0.05) is 25.0 Å². The smallest absolute Gasteiger partial charge is 0.0646 e. The summed E-state index contributed by atoms with van der Waals surface area (Å²) in [4.78, 5) is 0. The highest BCUT2D eigenvalue weighted by molar-refractivity contribution is 5.96. The van der Waals surface area contributed by atoms with Crippen molar-refractivity contribution in [3.05, 3.63) is 91.6 Å². The number of hydrogen-bond acceptors (Lipinski definition) is 2. The highest BCUT2D eigenvalue weighted by atomic mass is 15.6. The summed E-state index contributed by atoms with van der Waals surface area (Å²) in [5, 5.41) is 7.44. The van der Waals surface area contributed by atoms with Gasteiger partial charge in [-0.05, 0) is 23.8 Å². The first-order chi connectivity index (χ1) is 12.1. The number of rotatable bonds is 8. The Morgan fingerprint density at radius 2 is 1.60 bits per heavy atom. The Morgan fingerprint density at radius 3 is 2.32 bits per heavy atom. The van der Waals surface area contributed by atoms with Gasteiger partial charge in [-0.2, -0.15) is 0 Å². The van der Waals surface area contributed by atoms with Crippen LogP contribution in [0.3, 0.4) is 0 Å². The van der Waals surface area contributed by atoms with Crippen molar-refractivity contribution in [2.75, 3.05) is 18.1 Å². The molecule has 0 spiro atoms. The van der Waals surface area contributed by atoms with Crippen LogP contribution in [0.25, 0.3) is 10.8 Å². The van der Waals surface area contributed by atoms with Crippen LogP contribution in [0, 0.1) is 0 Å². The van der Waals surface area contributed by atoms with Crippen molar-refractivity contribution in [1.29, 1.82) is 0 Å². The molecule has 2 heteroatoms. The van der Waals surface area contributed by atoms with Gasteiger partial charge in [0.1, 0.15) is 0 Å². The number of allylic oxidation sites excluding steroid dienone is 2. The van der Waals surface area contributed by atoms with E-state index in [4.69, 9.17) is 0 Å². The molecule has 3 rings (SSSR count). The molecule has 0 aliphatic carbocycles. The van der Waals surface area contributed by atoms with Crippen molar-refractivity contribution in [2.45, 2.75) is 19.4 Å². The van der Waals surface area contributed by atoms with Crippen molar-refractivity contribution >= 4 is 16.5 Å². The zero-order chi connectivity index (χ0) is 17.8. The number of hydrazine groups is 1. The second-order valence-electron chi connectivity index (χ2n) is 6.53. The third-order valence-corrected chi connectivity index (χ3v) is 4.85. The Balaban J connectivity index is 1.93. The Hall–Kier alpha value is -2.58. The number of fused-ring (bicyclic) bond motifs is 3. The monoisotopic (exact) mass is 330 g/mol. The molecular weight excluding hydrogens is 304 g/mol. The fourth-order valence-electron chi connectivity index (χ4n) is 3.34. The van der Waals surface area contributed by atoms with E-state index in [1.807, 2.05) is 12.2 Å². The largest absolute Gasteiger partial charge is 0.304 e. The summed E-state index contributed by atoms with van der Waals surface area (Å²) < 4.78 is 0. The first-order valence-electron chi connectivity index (χ1n) is 8.77. The third kappa shape index (κ3) is 3.59. The molecule has 0 radical (unpaired) electrons. The van der Waals surface area contributed by atoms with Crippen LogP contribution in [-0.4, -0.2) is 18.1 Å². The SMILES string of the molecule is C=CC(=C)CCN1Cc2ccc3ccccc3c2N1CCC(=C)C=C. The van der Waals surface area contributed by atoms with Gasteiger partial charge in [0.2, 0.25) is 0 Å². The zero-order valence-electron chi connectivity index (χ0n) is 14.9. The zero-order valence-corrected chi connectivity index (χ0v) is 14.9. The molecule has 1 aliphatic rings. The molecule has 0 atom stereocenters. The Kier molecular flexibility index (Phi) is 5.20. The van der Waals surface area contributed by atoms with E-state index < -0.39 is 0 Å². The fraction of sp³-hybridized carbons (Fsp3) is 0.217. The lowest BCUT2D eigenvalue weighted by atomic mass is 10.0. The van der Waals surface area contributed by atoms with E-state index in [9.17, 15) is 0 Å². The third-order valence-electron chi connectivity index (χ3n) is 4.85. The average molecular weight is 330 g/mol. The molecule has 0 amide bonds. The lowest BCUT2D eigenvalue weighted by molar-refractivity contribution is 0.267. The normalized spacial score (nSPS) is 13.7. The van der Waals surface area contributed by atoms with E-state index >= 15 is 0 Å².